The van der Waals surface area contributed by atoms with Crippen molar-refractivity contribution in [1.82, 2.24) is 24.1 Å². The molecule has 1 fully saturated rings. The Labute approximate surface area is 186 Å². The highest BCUT2D eigenvalue weighted by atomic mass is 16.5. The summed E-state index contributed by atoms with van der Waals surface area (Å²) < 4.78 is 9.23. The van der Waals surface area contributed by atoms with Crippen LogP contribution in [0.25, 0.3) is 22.6 Å². The van der Waals surface area contributed by atoms with Crippen molar-refractivity contribution in [1.29, 1.82) is 0 Å². The summed E-state index contributed by atoms with van der Waals surface area (Å²) in [5, 5.41) is 0. The number of benzene rings is 1. The minimum atomic E-state index is -0.0128. The highest BCUT2D eigenvalue weighted by Crippen LogP contribution is 2.31. The fourth-order valence-corrected chi connectivity index (χ4v) is 4.25. The summed E-state index contributed by atoms with van der Waals surface area (Å²) in [4.78, 5) is 28.9. The van der Waals surface area contributed by atoms with Gasteiger partial charge in [0.15, 0.2) is 5.65 Å². The number of morpholine rings is 1. The minimum absolute atomic E-state index is 0.0121. The number of hydrogen-bond acceptors (Lipinski definition) is 6. The Morgan fingerprint density at radius 1 is 1.09 bits per heavy atom. The summed E-state index contributed by atoms with van der Waals surface area (Å²) in [6, 6.07) is 12.2. The van der Waals surface area contributed by atoms with E-state index in [1.807, 2.05) is 37.4 Å². The second kappa shape index (κ2) is 8.20. The maximum atomic E-state index is 12.3. The van der Waals surface area contributed by atoms with Gasteiger partial charge < -0.3 is 18.8 Å². The van der Waals surface area contributed by atoms with E-state index < -0.39 is 0 Å². The molecule has 1 saturated heterocycles. The van der Waals surface area contributed by atoms with Crippen LogP contribution in [0.1, 0.15) is 24.1 Å². The first-order valence-electron chi connectivity index (χ1n) is 10.8. The van der Waals surface area contributed by atoms with Gasteiger partial charge in [0, 0.05) is 37.5 Å². The maximum Gasteiger partial charge on any atom is 0.253 e. The van der Waals surface area contributed by atoms with Gasteiger partial charge in [-0.2, -0.15) is 4.98 Å². The average Bonchev–Trinajstić information content (AvgIpc) is 3.21. The Kier molecular flexibility index (Phi) is 5.22. The van der Waals surface area contributed by atoms with E-state index in [9.17, 15) is 4.79 Å². The van der Waals surface area contributed by atoms with Crippen molar-refractivity contribution in [3.63, 3.8) is 0 Å². The molecule has 1 aromatic carbocycles. The molecule has 8 nitrogen and oxygen atoms in total. The number of nitrogens with zero attached hydrogens (tertiary/aromatic N) is 6. The van der Waals surface area contributed by atoms with Crippen molar-refractivity contribution in [2.45, 2.75) is 19.9 Å². The number of anilines is 1. The van der Waals surface area contributed by atoms with Crippen molar-refractivity contribution < 1.29 is 4.74 Å². The van der Waals surface area contributed by atoms with Crippen LogP contribution in [0.3, 0.4) is 0 Å². The number of fused-ring (bicyclic) bond motifs is 1. The largest absolute Gasteiger partial charge is 0.378 e. The second-order valence-electron chi connectivity index (χ2n) is 8.20. The fourth-order valence-electron chi connectivity index (χ4n) is 4.25. The highest BCUT2D eigenvalue weighted by Gasteiger charge is 2.23. The average molecular weight is 431 g/mol. The van der Waals surface area contributed by atoms with Crippen LogP contribution in [-0.4, -0.2) is 50.4 Å². The van der Waals surface area contributed by atoms with Gasteiger partial charge in [0.1, 0.15) is 11.3 Å². The number of aryl methyl sites for hydroxylation is 2. The molecule has 0 bridgehead atoms. The van der Waals surface area contributed by atoms with E-state index in [1.165, 1.54) is 0 Å². The number of aromatic nitrogens is 5. The van der Waals surface area contributed by atoms with Gasteiger partial charge in [0.2, 0.25) is 5.95 Å². The van der Waals surface area contributed by atoms with Crippen LogP contribution in [0, 0.1) is 6.92 Å². The molecule has 1 aliphatic heterocycles. The molecule has 3 aromatic heterocycles. The lowest BCUT2D eigenvalue weighted by molar-refractivity contribution is 0.122. The van der Waals surface area contributed by atoms with Gasteiger partial charge in [0.25, 0.3) is 5.56 Å². The predicted molar refractivity (Wildman–Crippen MR) is 124 cm³/mol. The first-order chi connectivity index (χ1) is 15.5. The molecule has 8 heteroatoms. The number of ether oxygens (including phenoxy) is 1. The van der Waals surface area contributed by atoms with Gasteiger partial charge in [-0.3, -0.25) is 4.79 Å². The molecule has 1 aliphatic rings. The molecule has 164 valence electrons. The molecule has 0 radical (unpaired) electrons. The summed E-state index contributed by atoms with van der Waals surface area (Å²) in [6.45, 7) is 6.84. The number of pyridine rings is 1. The summed E-state index contributed by atoms with van der Waals surface area (Å²) in [5.41, 5.74) is 4.20. The number of rotatable bonds is 4. The third-order valence-corrected chi connectivity index (χ3v) is 6.00. The van der Waals surface area contributed by atoms with E-state index >= 15 is 0 Å². The molecule has 5 rings (SSSR count). The monoisotopic (exact) mass is 430 g/mol. The van der Waals surface area contributed by atoms with Crippen LogP contribution < -0.4 is 10.5 Å². The molecular weight excluding hydrogens is 404 g/mol. The molecule has 0 spiro atoms. The molecule has 0 saturated carbocycles. The normalized spacial score (nSPS) is 15.3. The van der Waals surface area contributed by atoms with E-state index in [1.54, 1.807) is 17.8 Å². The van der Waals surface area contributed by atoms with E-state index in [2.05, 4.69) is 33.5 Å². The van der Waals surface area contributed by atoms with Gasteiger partial charge in [-0.15, -0.1) is 0 Å². The Hall–Kier alpha value is -3.52. The zero-order valence-electron chi connectivity index (χ0n) is 18.5. The predicted octanol–water partition coefficient (Wildman–Crippen LogP) is 2.95. The van der Waals surface area contributed by atoms with E-state index in [0.29, 0.717) is 24.7 Å². The second-order valence-corrected chi connectivity index (χ2v) is 8.20. The molecule has 4 aromatic rings. The maximum absolute atomic E-state index is 12.3. The summed E-state index contributed by atoms with van der Waals surface area (Å²) in [5.74, 6) is 1.45. The van der Waals surface area contributed by atoms with Crippen molar-refractivity contribution in [3.8, 4) is 11.4 Å². The van der Waals surface area contributed by atoms with Crippen molar-refractivity contribution in [2.75, 3.05) is 31.2 Å². The lowest BCUT2D eigenvalue weighted by atomic mass is 10.1. The van der Waals surface area contributed by atoms with Gasteiger partial charge in [-0.1, -0.05) is 30.3 Å². The molecule has 4 heterocycles. The quantitative estimate of drug-likeness (QED) is 0.495. The van der Waals surface area contributed by atoms with Crippen LogP contribution in [0.5, 0.6) is 0 Å². The molecular formula is C24H26N6O2. The molecule has 0 N–H and O–H groups in total. The SMILES string of the molecule is Cc1cc(-c2nc3cnc(N4CCOCC4)nc3n2[C@@H](C)c2ccccc2)cn(C)c1=O. The zero-order valence-corrected chi connectivity index (χ0v) is 18.5. The van der Waals surface area contributed by atoms with E-state index in [-0.39, 0.29) is 11.6 Å². The van der Waals surface area contributed by atoms with E-state index in [0.717, 1.165) is 41.2 Å². The zero-order chi connectivity index (χ0) is 22.2. The van der Waals surface area contributed by atoms with E-state index in [4.69, 9.17) is 14.7 Å². The van der Waals surface area contributed by atoms with Crippen LogP contribution in [0.2, 0.25) is 0 Å². The molecule has 0 aliphatic carbocycles. The Morgan fingerprint density at radius 3 is 2.56 bits per heavy atom. The van der Waals surface area contributed by atoms with Gasteiger partial charge in [-0.05, 0) is 25.5 Å². The molecule has 1 atom stereocenters. The smallest absolute Gasteiger partial charge is 0.253 e. The summed E-state index contributed by atoms with van der Waals surface area (Å²) in [6.07, 6.45) is 3.63. The first kappa shape index (κ1) is 20.4. The molecule has 0 amide bonds. The van der Waals surface area contributed by atoms with Crippen molar-refractivity contribution in [3.05, 3.63) is 70.3 Å². The van der Waals surface area contributed by atoms with Crippen LogP contribution >= 0.6 is 0 Å². The van der Waals surface area contributed by atoms with Crippen molar-refractivity contribution >= 4 is 17.1 Å². The summed E-state index contributed by atoms with van der Waals surface area (Å²) >= 11 is 0. The van der Waals surface area contributed by atoms with Crippen LogP contribution in [0.15, 0.2) is 53.6 Å². The van der Waals surface area contributed by atoms with Crippen molar-refractivity contribution in [2.24, 2.45) is 7.05 Å². The van der Waals surface area contributed by atoms with Gasteiger partial charge in [0.05, 0.1) is 25.5 Å². The van der Waals surface area contributed by atoms with Gasteiger partial charge >= 0.3 is 0 Å². The first-order valence-corrected chi connectivity index (χ1v) is 10.8. The fraction of sp³-hybridized carbons (Fsp3) is 0.333. The third kappa shape index (κ3) is 3.56. The van der Waals surface area contributed by atoms with Crippen LogP contribution in [0.4, 0.5) is 5.95 Å². The standard InChI is InChI=1S/C24H26N6O2/c1-16-13-19(15-28(3)23(16)31)21-26-20-14-25-24(29-9-11-32-12-10-29)27-22(20)30(21)17(2)18-7-5-4-6-8-18/h4-8,13-15,17H,9-12H2,1-3H3/t17-/m0/s1. The van der Waals surface area contributed by atoms with Gasteiger partial charge in [-0.25, -0.2) is 9.97 Å². The third-order valence-electron chi connectivity index (χ3n) is 6.00. The topological polar surface area (TPSA) is 78.1 Å². The molecule has 32 heavy (non-hydrogen) atoms. The van der Waals surface area contributed by atoms with Crippen LogP contribution in [-0.2, 0) is 11.8 Å². The Morgan fingerprint density at radius 2 is 1.84 bits per heavy atom. The highest BCUT2D eigenvalue weighted by molar-refractivity contribution is 5.78. The number of hydrogen-bond donors (Lipinski definition) is 0. The Bertz CT molecular complexity index is 1300. The summed E-state index contributed by atoms with van der Waals surface area (Å²) in [7, 11) is 1.77. The Balaban J connectivity index is 1.73. The lowest BCUT2D eigenvalue weighted by Gasteiger charge is -2.26. The molecule has 0 unspecified atom stereocenters. The number of imidazole rings is 1. The minimum Gasteiger partial charge on any atom is -0.378 e. The lowest BCUT2D eigenvalue weighted by Crippen LogP contribution is -2.37.